The number of nitrogens with zero attached hydrogens (tertiary/aromatic N) is 3. The van der Waals surface area contributed by atoms with Crippen LogP contribution in [0.15, 0.2) is 66.9 Å². The van der Waals surface area contributed by atoms with Crippen LogP contribution < -0.4 is 5.32 Å². The van der Waals surface area contributed by atoms with E-state index < -0.39 is 40.8 Å². The predicted molar refractivity (Wildman–Crippen MR) is 126 cm³/mol. The van der Waals surface area contributed by atoms with Crippen molar-refractivity contribution in [1.29, 1.82) is 0 Å². The Bertz CT molecular complexity index is 1290. The van der Waals surface area contributed by atoms with Crippen LogP contribution in [-0.4, -0.2) is 65.2 Å². The summed E-state index contributed by atoms with van der Waals surface area (Å²) in [6.07, 6.45) is -3.25. The number of piperazine rings is 1. The van der Waals surface area contributed by atoms with E-state index >= 15 is 0 Å². The van der Waals surface area contributed by atoms with Gasteiger partial charge in [-0.1, -0.05) is 36.4 Å². The molecule has 0 bridgehead atoms. The van der Waals surface area contributed by atoms with Crippen LogP contribution in [0.5, 0.6) is 0 Å². The molecule has 0 saturated carbocycles. The molecule has 1 N–H and O–H groups in total. The smallest absolute Gasteiger partial charge is 0.342 e. The molecule has 3 amide bonds. The highest BCUT2D eigenvalue weighted by Crippen LogP contribution is 2.33. The minimum absolute atomic E-state index is 0.0329. The number of halogens is 4. The molecule has 11 heteroatoms. The minimum atomic E-state index is -4.81. The first kappa shape index (κ1) is 25.8. The second kappa shape index (κ2) is 10.8. The Labute approximate surface area is 209 Å². The number of carbonyl (C=O) groups is 3. The normalized spacial score (nSPS) is 13.8. The van der Waals surface area contributed by atoms with Crippen LogP contribution in [0.3, 0.4) is 0 Å². The van der Waals surface area contributed by atoms with Crippen molar-refractivity contribution < 1.29 is 31.9 Å². The molecule has 1 aliphatic heterocycles. The van der Waals surface area contributed by atoms with E-state index in [0.717, 1.165) is 16.0 Å². The zero-order valence-corrected chi connectivity index (χ0v) is 19.5. The van der Waals surface area contributed by atoms with Gasteiger partial charge in [0.25, 0.3) is 11.8 Å². The van der Waals surface area contributed by atoms with Gasteiger partial charge in [-0.05, 0) is 29.8 Å². The summed E-state index contributed by atoms with van der Waals surface area (Å²) in [4.78, 5) is 44.3. The molecule has 1 aromatic heterocycles. The second-order valence-corrected chi connectivity index (χ2v) is 8.34. The zero-order chi connectivity index (χ0) is 26.6. The van der Waals surface area contributed by atoms with Crippen LogP contribution in [0.25, 0.3) is 11.1 Å². The molecule has 1 fully saturated rings. The molecule has 3 aromatic rings. The quantitative estimate of drug-likeness (QED) is 0.528. The largest absolute Gasteiger partial charge is 0.417 e. The average Bonchev–Trinajstić information content (AvgIpc) is 2.91. The van der Waals surface area contributed by atoms with E-state index in [0.29, 0.717) is 18.2 Å². The van der Waals surface area contributed by atoms with E-state index in [1.807, 2.05) is 30.3 Å². The van der Waals surface area contributed by atoms with Crippen molar-refractivity contribution >= 4 is 17.7 Å². The van der Waals surface area contributed by atoms with Crippen molar-refractivity contribution in [2.75, 3.05) is 32.7 Å². The first-order valence-electron chi connectivity index (χ1n) is 11.4. The second-order valence-electron chi connectivity index (χ2n) is 8.34. The van der Waals surface area contributed by atoms with Crippen LogP contribution in [0.1, 0.15) is 26.4 Å². The van der Waals surface area contributed by atoms with Gasteiger partial charge in [-0.2, -0.15) is 13.2 Å². The van der Waals surface area contributed by atoms with Crippen LogP contribution in [0.4, 0.5) is 17.6 Å². The summed E-state index contributed by atoms with van der Waals surface area (Å²) in [6.45, 7) is -0.261. The Morgan fingerprint density at radius 2 is 1.54 bits per heavy atom. The first-order valence-corrected chi connectivity index (χ1v) is 11.4. The number of aromatic nitrogens is 1. The van der Waals surface area contributed by atoms with Crippen molar-refractivity contribution in [3.8, 4) is 11.1 Å². The number of hydrogen-bond donors (Lipinski definition) is 1. The third-order valence-corrected chi connectivity index (χ3v) is 5.94. The Morgan fingerprint density at radius 1 is 0.865 bits per heavy atom. The van der Waals surface area contributed by atoms with Crippen molar-refractivity contribution in [2.24, 2.45) is 0 Å². The fourth-order valence-electron chi connectivity index (χ4n) is 3.96. The van der Waals surface area contributed by atoms with Gasteiger partial charge in [0.15, 0.2) is 0 Å². The van der Waals surface area contributed by atoms with E-state index in [1.54, 1.807) is 18.3 Å². The minimum Gasteiger partial charge on any atom is -0.342 e. The summed E-state index contributed by atoms with van der Waals surface area (Å²) < 4.78 is 53.4. The Morgan fingerprint density at radius 3 is 2.16 bits per heavy atom. The van der Waals surface area contributed by atoms with Gasteiger partial charge in [0.05, 0.1) is 17.7 Å². The molecule has 7 nitrogen and oxygen atoms in total. The summed E-state index contributed by atoms with van der Waals surface area (Å²) >= 11 is 0. The maximum Gasteiger partial charge on any atom is 0.417 e. The lowest BCUT2D eigenvalue weighted by Gasteiger charge is -2.35. The number of amides is 3. The molecule has 0 unspecified atom stereocenters. The van der Waals surface area contributed by atoms with E-state index in [-0.39, 0.29) is 38.4 Å². The SMILES string of the molecule is O=C(NCC(=O)N1CCN(C(=O)c2cc(F)ccc2C(F)(F)F)CC1)c1ccc(-c2ccccc2)cn1. The fraction of sp³-hybridized carbons (Fsp3) is 0.231. The Hall–Kier alpha value is -4.28. The molecule has 2 heterocycles. The van der Waals surface area contributed by atoms with Crippen molar-refractivity contribution in [3.05, 3.63) is 89.5 Å². The van der Waals surface area contributed by atoms with Crippen LogP contribution in [0.2, 0.25) is 0 Å². The highest BCUT2D eigenvalue weighted by atomic mass is 19.4. The standard InChI is InChI=1S/C26H22F4N4O3/c27-19-7-8-21(26(28,29)30)20(14-19)25(37)34-12-10-33(11-13-34)23(35)16-32-24(36)22-9-6-18(15-31-22)17-4-2-1-3-5-17/h1-9,14-15H,10-13,16H2,(H,32,36). The van der Waals surface area contributed by atoms with E-state index in [1.165, 1.54) is 4.90 Å². The average molecular weight is 514 g/mol. The molecule has 37 heavy (non-hydrogen) atoms. The fourth-order valence-corrected chi connectivity index (χ4v) is 3.96. The summed E-state index contributed by atoms with van der Waals surface area (Å²) in [5.41, 5.74) is -0.0719. The maximum absolute atomic E-state index is 13.6. The van der Waals surface area contributed by atoms with Gasteiger partial charge < -0.3 is 15.1 Å². The number of pyridine rings is 1. The Kier molecular flexibility index (Phi) is 7.51. The number of benzene rings is 2. The lowest BCUT2D eigenvalue weighted by molar-refractivity contribution is -0.138. The predicted octanol–water partition coefficient (Wildman–Crippen LogP) is 3.62. The molecule has 2 aromatic carbocycles. The molecule has 192 valence electrons. The van der Waals surface area contributed by atoms with Gasteiger partial charge in [0.1, 0.15) is 11.5 Å². The molecular formula is C26H22F4N4O3. The van der Waals surface area contributed by atoms with Crippen molar-refractivity contribution in [2.45, 2.75) is 6.18 Å². The van der Waals surface area contributed by atoms with Gasteiger partial charge in [0.2, 0.25) is 5.91 Å². The van der Waals surface area contributed by atoms with E-state index in [4.69, 9.17) is 0 Å². The van der Waals surface area contributed by atoms with Crippen molar-refractivity contribution in [1.82, 2.24) is 20.1 Å². The zero-order valence-electron chi connectivity index (χ0n) is 19.5. The molecule has 1 saturated heterocycles. The summed E-state index contributed by atoms with van der Waals surface area (Å²) in [5, 5.41) is 2.51. The van der Waals surface area contributed by atoms with Crippen LogP contribution in [-0.2, 0) is 11.0 Å². The molecule has 0 radical (unpaired) electrons. The summed E-state index contributed by atoms with van der Waals surface area (Å²) in [6, 6.07) is 14.5. The first-order chi connectivity index (χ1) is 17.6. The lowest BCUT2D eigenvalue weighted by atomic mass is 10.0. The topological polar surface area (TPSA) is 82.6 Å². The Balaban J connectivity index is 1.30. The number of carbonyl (C=O) groups excluding carboxylic acids is 3. The van der Waals surface area contributed by atoms with Gasteiger partial charge in [-0.3, -0.25) is 19.4 Å². The molecule has 0 aliphatic carbocycles. The summed E-state index contributed by atoms with van der Waals surface area (Å²) in [5.74, 6) is -2.86. The van der Waals surface area contributed by atoms with Crippen LogP contribution in [0, 0.1) is 5.82 Å². The molecule has 4 rings (SSSR count). The number of hydrogen-bond acceptors (Lipinski definition) is 4. The van der Waals surface area contributed by atoms with Gasteiger partial charge >= 0.3 is 6.18 Å². The van der Waals surface area contributed by atoms with E-state index in [9.17, 15) is 31.9 Å². The van der Waals surface area contributed by atoms with Crippen molar-refractivity contribution in [3.63, 3.8) is 0 Å². The maximum atomic E-state index is 13.6. The number of nitrogens with one attached hydrogen (secondary N) is 1. The monoisotopic (exact) mass is 514 g/mol. The lowest BCUT2D eigenvalue weighted by Crippen LogP contribution is -2.52. The third kappa shape index (κ3) is 6.11. The summed E-state index contributed by atoms with van der Waals surface area (Å²) in [7, 11) is 0. The molecule has 0 spiro atoms. The van der Waals surface area contributed by atoms with E-state index in [2.05, 4.69) is 10.3 Å². The van der Waals surface area contributed by atoms with Crippen LogP contribution >= 0.6 is 0 Å². The molecular weight excluding hydrogens is 492 g/mol. The third-order valence-electron chi connectivity index (χ3n) is 5.94. The highest BCUT2D eigenvalue weighted by molar-refractivity contribution is 5.96. The van der Waals surface area contributed by atoms with Gasteiger partial charge in [-0.15, -0.1) is 0 Å². The van der Waals surface area contributed by atoms with Gasteiger partial charge in [-0.25, -0.2) is 4.39 Å². The van der Waals surface area contributed by atoms with Gasteiger partial charge in [0, 0.05) is 37.9 Å². The number of rotatable bonds is 5. The number of alkyl halides is 3. The highest BCUT2D eigenvalue weighted by Gasteiger charge is 2.37. The molecule has 1 aliphatic rings. The molecule has 0 atom stereocenters.